The molecule has 1 aliphatic carbocycles. The third-order valence-electron chi connectivity index (χ3n) is 9.48. The molecule has 4 heterocycles. The predicted octanol–water partition coefficient (Wildman–Crippen LogP) is 3.90. The summed E-state index contributed by atoms with van der Waals surface area (Å²) in [7, 11) is 2.03. The Morgan fingerprint density at radius 3 is 2.67 bits per heavy atom. The fourth-order valence-corrected chi connectivity index (χ4v) is 7.11. The first-order valence-electron chi connectivity index (χ1n) is 14.7. The summed E-state index contributed by atoms with van der Waals surface area (Å²) in [5.74, 6) is -2.78. The Morgan fingerprint density at radius 2 is 2.05 bits per heavy atom. The van der Waals surface area contributed by atoms with Crippen LogP contribution in [0.2, 0.25) is 0 Å². The van der Waals surface area contributed by atoms with Crippen LogP contribution in [0.15, 0.2) is 35.8 Å². The van der Waals surface area contributed by atoms with Gasteiger partial charge in [-0.1, -0.05) is 12.2 Å². The molecule has 5 atom stereocenters. The average Bonchev–Trinajstić information content (AvgIpc) is 3.37. The number of ether oxygens (including phenoxy) is 2. The van der Waals surface area contributed by atoms with Crippen LogP contribution in [0, 0.1) is 11.3 Å². The van der Waals surface area contributed by atoms with E-state index in [2.05, 4.69) is 16.5 Å². The van der Waals surface area contributed by atoms with Gasteiger partial charge >= 0.3 is 12.2 Å². The number of halogens is 4. The van der Waals surface area contributed by atoms with Crippen molar-refractivity contribution in [2.24, 2.45) is 17.1 Å². The van der Waals surface area contributed by atoms with Gasteiger partial charge in [0, 0.05) is 43.7 Å². The van der Waals surface area contributed by atoms with Crippen LogP contribution in [0.3, 0.4) is 0 Å². The standard InChI is InChI=1S/C30H40F4N6O3/c1-6-24(41)39-10-11-40(18(3)14-39)27-20-16-42-23(29(4)25(30(32,33)34)17(2)12-21(35)26(29)31)13-22(20)36-28(37-27)43-15-19-8-7-9-38(19)5/h6,12,18-19,23,25H,1,7-11,13-16,35H2,2-5H3/t18-,19-,23-,25?,29?/m0/s1. The Balaban J connectivity index is 1.51. The maximum Gasteiger partial charge on any atom is 0.396 e. The van der Waals surface area contributed by atoms with Crippen molar-refractivity contribution < 1.29 is 31.8 Å². The first-order valence-corrected chi connectivity index (χ1v) is 14.7. The number of aromatic nitrogens is 2. The van der Waals surface area contributed by atoms with Crippen molar-refractivity contribution >= 4 is 11.7 Å². The fourth-order valence-electron chi connectivity index (χ4n) is 7.11. The number of piperazine rings is 1. The number of carbonyl (C=O) groups excluding carboxylic acids is 1. The molecule has 2 unspecified atom stereocenters. The van der Waals surface area contributed by atoms with E-state index in [4.69, 9.17) is 20.2 Å². The lowest BCUT2D eigenvalue weighted by atomic mass is 9.64. The second kappa shape index (κ2) is 11.7. The van der Waals surface area contributed by atoms with Crippen LogP contribution in [0.25, 0.3) is 0 Å². The Kier molecular flexibility index (Phi) is 8.51. The predicted molar refractivity (Wildman–Crippen MR) is 153 cm³/mol. The molecule has 1 amide bonds. The molecule has 2 saturated heterocycles. The number of alkyl halides is 3. The first kappa shape index (κ1) is 31.2. The molecule has 0 aromatic carbocycles. The third-order valence-corrected chi connectivity index (χ3v) is 9.48. The molecule has 0 spiro atoms. The number of nitrogens with zero attached hydrogens (tertiary/aromatic N) is 5. The van der Waals surface area contributed by atoms with Crippen LogP contribution in [-0.2, 0) is 22.6 Å². The lowest BCUT2D eigenvalue weighted by Crippen LogP contribution is -2.54. The molecule has 5 rings (SSSR count). The molecule has 2 fully saturated rings. The number of hydrogen-bond acceptors (Lipinski definition) is 8. The smallest absolute Gasteiger partial charge is 0.396 e. The molecule has 13 heteroatoms. The minimum absolute atomic E-state index is 0.0721. The number of likely N-dealkylation sites (N-methyl/N-ethyl adjacent to an activating group) is 1. The van der Waals surface area contributed by atoms with Crippen molar-refractivity contribution in [2.45, 2.75) is 71.0 Å². The van der Waals surface area contributed by atoms with Gasteiger partial charge < -0.3 is 29.9 Å². The van der Waals surface area contributed by atoms with Gasteiger partial charge in [0.1, 0.15) is 18.3 Å². The molecule has 4 aliphatic rings. The second-order valence-corrected chi connectivity index (χ2v) is 12.3. The van der Waals surface area contributed by atoms with Crippen LogP contribution in [0.1, 0.15) is 44.9 Å². The van der Waals surface area contributed by atoms with E-state index < -0.39 is 29.4 Å². The highest BCUT2D eigenvalue weighted by molar-refractivity contribution is 5.87. The molecule has 3 aliphatic heterocycles. The highest BCUT2D eigenvalue weighted by atomic mass is 19.4. The highest BCUT2D eigenvalue weighted by Crippen LogP contribution is 2.56. The van der Waals surface area contributed by atoms with Gasteiger partial charge in [0.15, 0.2) is 0 Å². The zero-order chi connectivity index (χ0) is 31.3. The summed E-state index contributed by atoms with van der Waals surface area (Å²) < 4.78 is 71.2. The summed E-state index contributed by atoms with van der Waals surface area (Å²) in [5, 5.41) is 0. The maximum atomic E-state index is 15.7. The molecule has 2 N–H and O–H groups in total. The van der Waals surface area contributed by atoms with Crippen molar-refractivity contribution in [1.82, 2.24) is 19.8 Å². The van der Waals surface area contributed by atoms with E-state index in [1.54, 1.807) is 4.90 Å². The average molecular weight is 609 g/mol. The normalized spacial score (nSPS) is 30.3. The zero-order valence-corrected chi connectivity index (χ0v) is 25.1. The van der Waals surface area contributed by atoms with Gasteiger partial charge in [0.05, 0.1) is 35.4 Å². The number of nitrogens with two attached hydrogens (primary N) is 1. The zero-order valence-electron chi connectivity index (χ0n) is 25.1. The van der Waals surface area contributed by atoms with Gasteiger partial charge in [-0.2, -0.15) is 23.1 Å². The number of rotatable bonds is 6. The Bertz CT molecular complexity index is 1330. The Labute approximate surface area is 249 Å². The Hall–Kier alpha value is -3.19. The van der Waals surface area contributed by atoms with Crippen molar-refractivity contribution in [3.05, 3.63) is 47.1 Å². The lowest BCUT2D eigenvalue weighted by molar-refractivity contribution is -0.212. The minimum atomic E-state index is -4.73. The van der Waals surface area contributed by atoms with Crippen LogP contribution in [0.4, 0.5) is 23.4 Å². The van der Waals surface area contributed by atoms with Crippen LogP contribution < -0.4 is 15.4 Å². The maximum absolute atomic E-state index is 15.7. The van der Waals surface area contributed by atoms with E-state index in [0.29, 0.717) is 43.3 Å². The second-order valence-electron chi connectivity index (χ2n) is 12.3. The molecule has 236 valence electrons. The Morgan fingerprint density at radius 1 is 1.30 bits per heavy atom. The van der Waals surface area contributed by atoms with E-state index in [-0.39, 0.29) is 48.3 Å². The van der Waals surface area contributed by atoms with Gasteiger partial charge in [-0.15, -0.1) is 0 Å². The summed E-state index contributed by atoms with van der Waals surface area (Å²) in [5.41, 5.74) is 4.45. The van der Waals surface area contributed by atoms with Crippen LogP contribution in [0.5, 0.6) is 6.01 Å². The number of anilines is 1. The SMILES string of the molecule is C=CC(=O)N1CCN(c2nc(OC[C@@H]3CCCN3C)nc3c2CO[C@H](C2(C)C(F)=C(N)C=C(C)C2C(F)(F)F)C3)[C@@H](C)C1. The lowest BCUT2D eigenvalue weighted by Gasteiger charge is -2.47. The van der Waals surface area contributed by atoms with E-state index in [1.807, 2.05) is 18.9 Å². The number of allylic oxidation sites excluding steroid dienone is 2. The number of hydrogen-bond donors (Lipinski definition) is 1. The van der Waals surface area contributed by atoms with E-state index in [9.17, 15) is 18.0 Å². The molecule has 0 radical (unpaired) electrons. The molecule has 1 aromatic heterocycles. The molecule has 0 saturated carbocycles. The number of carbonyl (C=O) groups is 1. The monoisotopic (exact) mass is 608 g/mol. The largest absolute Gasteiger partial charge is 0.462 e. The summed E-state index contributed by atoms with van der Waals surface area (Å²) in [6, 6.07) is 0.165. The van der Waals surface area contributed by atoms with Crippen molar-refractivity contribution in [3.63, 3.8) is 0 Å². The van der Waals surface area contributed by atoms with Crippen LogP contribution in [-0.4, -0.2) is 89.9 Å². The van der Waals surface area contributed by atoms with E-state index in [0.717, 1.165) is 25.5 Å². The van der Waals surface area contributed by atoms with E-state index in [1.165, 1.54) is 19.9 Å². The summed E-state index contributed by atoms with van der Waals surface area (Å²) >= 11 is 0. The molecule has 43 heavy (non-hydrogen) atoms. The van der Waals surface area contributed by atoms with Crippen LogP contribution >= 0.6 is 0 Å². The van der Waals surface area contributed by atoms with E-state index >= 15 is 4.39 Å². The van der Waals surface area contributed by atoms with Gasteiger partial charge in [-0.05, 0) is 59.4 Å². The fraction of sp³-hybridized carbons (Fsp3) is 0.633. The van der Waals surface area contributed by atoms with Gasteiger partial charge in [-0.3, -0.25) is 4.79 Å². The molecule has 1 aromatic rings. The van der Waals surface area contributed by atoms with Gasteiger partial charge in [0.25, 0.3) is 0 Å². The molecular formula is C30H40F4N6O3. The quantitative estimate of drug-likeness (QED) is 0.384. The summed E-state index contributed by atoms with van der Waals surface area (Å²) in [6.07, 6.45) is -1.66. The topological polar surface area (TPSA) is 97.0 Å². The summed E-state index contributed by atoms with van der Waals surface area (Å²) in [4.78, 5) is 27.6. The van der Waals surface area contributed by atoms with Crippen molar-refractivity contribution in [1.29, 1.82) is 0 Å². The minimum Gasteiger partial charge on any atom is -0.462 e. The molecule has 9 nitrogen and oxygen atoms in total. The molecular weight excluding hydrogens is 568 g/mol. The molecule has 0 bridgehead atoms. The highest BCUT2D eigenvalue weighted by Gasteiger charge is 2.60. The van der Waals surface area contributed by atoms with Crippen molar-refractivity contribution in [2.75, 3.05) is 44.7 Å². The third kappa shape index (κ3) is 5.73. The van der Waals surface area contributed by atoms with Crippen molar-refractivity contribution in [3.8, 4) is 6.01 Å². The first-order chi connectivity index (χ1) is 20.2. The van der Waals surface area contributed by atoms with Gasteiger partial charge in [-0.25, -0.2) is 4.39 Å². The number of likely N-dealkylation sites (tertiary alicyclic amines) is 1. The number of amides is 1. The number of fused-ring (bicyclic) bond motifs is 1. The summed E-state index contributed by atoms with van der Waals surface area (Å²) in [6.45, 7) is 10.6. The van der Waals surface area contributed by atoms with Gasteiger partial charge in [0.2, 0.25) is 5.91 Å².